The first kappa shape index (κ1) is 22.2. The molecule has 0 spiro atoms. The van der Waals surface area contributed by atoms with Crippen LogP contribution >= 0.6 is 0 Å². The smallest absolute Gasteiger partial charge is 0.225 e. The molecule has 1 aromatic carbocycles. The van der Waals surface area contributed by atoms with Crippen LogP contribution < -0.4 is 16.0 Å². The van der Waals surface area contributed by atoms with Gasteiger partial charge in [0.2, 0.25) is 5.91 Å². The number of anilines is 1. The number of carbonyl (C=O) groups is 1. The SMILES string of the molecule is CCCCNC(=NCc1cccc(NC(=O)CCN2CCOCC2)c1)NCC. The minimum Gasteiger partial charge on any atom is -0.379 e. The molecule has 1 heterocycles. The van der Waals surface area contributed by atoms with Gasteiger partial charge in [-0.2, -0.15) is 0 Å². The molecule has 0 saturated carbocycles. The molecule has 1 aliphatic rings. The lowest BCUT2D eigenvalue weighted by atomic mass is 10.2. The highest BCUT2D eigenvalue weighted by Crippen LogP contribution is 2.12. The van der Waals surface area contributed by atoms with Gasteiger partial charge >= 0.3 is 0 Å². The number of carbonyl (C=O) groups excluding carboxylic acids is 1. The molecular weight excluding hydrogens is 354 g/mol. The van der Waals surface area contributed by atoms with E-state index in [-0.39, 0.29) is 5.91 Å². The Hall–Kier alpha value is -2.12. The van der Waals surface area contributed by atoms with E-state index in [1.165, 1.54) is 0 Å². The molecule has 28 heavy (non-hydrogen) atoms. The minimum absolute atomic E-state index is 0.0433. The van der Waals surface area contributed by atoms with Gasteiger partial charge in [-0.25, -0.2) is 4.99 Å². The average molecular weight is 390 g/mol. The third-order valence-electron chi connectivity index (χ3n) is 4.56. The number of morpholine rings is 1. The normalized spacial score (nSPS) is 15.3. The second-order valence-electron chi connectivity index (χ2n) is 6.93. The summed E-state index contributed by atoms with van der Waals surface area (Å²) in [4.78, 5) is 19.2. The van der Waals surface area contributed by atoms with Crippen molar-refractivity contribution < 1.29 is 9.53 Å². The van der Waals surface area contributed by atoms with Crippen LogP contribution in [0.25, 0.3) is 0 Å². The summed E-state index contributed by atoms with van der Waals surface area (Å²) >= 11 is 0. The maximum atomic E-state index is 12.2. The van der Waals surface area contributed by atoms with E-state index in [1.54, 1.807) is 0 Å². The Morgan fingerprint density at radius 3 is 2.79 bits per heavy atom. The van der Waals surface area contributed by atoms with Crippen LogP contribution in [-0.2, 0) is 16.1 Å². The Kier molecular flexibility index (Phi) is 10.4. The number of ether oxygens (including phenoxy) is 1. The molecule has 156 valence electrons. The van der Waals surface area contributed by atoms with Gasteiger partial charge in [0.25, 0.3) is 0 Å². The maximum absolute atomic E-state index is 12.2. The van der Waals surface area contributed by atoms with Crippen molar-refractivity contribution in [3.05, 3.63) is 29.8 Å². The van der Waals surface area contributed by atoms with E-state index in [9.17, 15) is 4.79 Å². The molecule has 0 bridgehead atoms. The molecule has 1 aliphatic heterocycles. The zero-order valence-corrected chi connectivity index (χ0v) is 17.3. The second-order valence-corrected chi connectivity index (χ2v) is 6.93. The molecular formula is C21H35N5O2. The largest absolute Gasteiger partial charge is 0.379 e. The Morgan fingerprint density at radius 1 is 1.21 bits per heavy atom. The fraction of sp³-hybridized carbons (Fsp3) is 0.619. The lowest BCUT2D eigenvalue weighted by Crippen LogP contribution is -2.38. The molecule has 1 amide bonds. The summed E-state index contributed by atoms with van der Waals surface area (Å²) in [5.41, 5.74) is 1.89. The van der Waals surface area contributed by atoms with Gasteiger partial charge in [-0.1, -0.05) is 25.5 Å². The topological polar surface area (TPSA) is 78.0 Å². The number of hydrogen-bond donors (Lipinski definition) is 3. The molecule has 3 N–H and O–H groups in total. The highest BCUT2D eigenvalue weighted by molar-refractivity contribution is 5.90. The number of nitrogens with zero attached hydrogens (tertiary/aromatic N) is 2. The number of guanidine groups is 1. The summed E-state index contributed by atoms with van der Waals surface area (Å²) in [5, 5.41) is 9.60. The van der Waals surface area contributed by atoms with E-state index in [0.717, 1.165) is 76.0 Å². The van der Waals surface area contributed by atoms with Gasteiger partial charge in [0.05, 0.1) is 19.8 Å². The van der Waals surface area contributed by atoms with Crippen LogP contribution in [0.15, 0.2) is 29.3 Å². The lowest BCUT2D eigenvalue weighted by Gasteiger charge is -2.26. The number of nitrogens with one attached hydrogen (secondary N) is 3. The van der Waals surface area contributed by atoms with Crippen molar-refractivity contribution in [2.45, 2.75) is 39.7 Å². The molecule has 0 atom stereocenters. The highest BCUT2D eigenvalue weighted by atomic mass is 16.5. The van der Waals surface area contributed by atoms with Crippen LogP contribution in [0.1, 0.15) is 38.7 Å². The van der Waals surface area contributed by atoms with E-state index in [1.807, 2.05) is 24.3 Å². The predicted octanol–water partition coefficient (Wildman–Crippen LogP) is 2.20. The highest BCUT2D eigenvalue weighted by Gasteiger charge is 2.12. The molecule has 0 aromatic heterocycles. The van der Waals surface area contributed by atoms with Gasteiger partial charge in [0.15, 0.2) is 5.96 Å². The van der Waals surface area contributed by atoms with Crippen LogP contribution in [0, 0.1) is 0 Å². The zero-order valence-electron chi connectivity index (χ0n) is 17.3. The summed E-state index contributed by atoms with van der Waals surface area (Å²) in [6.07, 6.45) is 2.77. The summed E-state index contributed by atoms with van der Waals surface area (Å²) < 4.78 is 5.34. The van der Waals surface area contributed by atoms with E-state index >= 15 is 0 Å². The average Bonchev–Trinajstić information content (AvgIpc) is 2.72. The molecule has 1 aromatic rings. The van der Waals surface area contributed by atoms with Gasteiger partial charge in [-0.15, -0.1) is 0 Å². The number of benzene rings is 1. The fourth-order valence-corrected chi connectivity index (χ4v) is 2.95. The first-order valence-corrected chi connectivity index (χ1v) is 10.4. The van der Waals surface area contributed by atoms with Gasteiger partial charge in [-0.05, 0) is 31.0 Å². The third kappa shape index (κ3) is 8.71. The molecule has 1 saturated heterocycles. The molecule has 1 fully saturated rings. The monoisotopic (exact) mass is 389 g/mol. The van der Waals surface area contributed by atoms with Gasteiger partial charge in [-0.3, -0.25) is 9.69 Å². The fourth-order valence-electron chi connectivity index (χ4n) is 2.95. The number of unbranched alkanes of at least 4 members (excludes halogenated alkanes) is 1. The number of amides is 1. The molecule has 0 unspecified atom stereocenters. The number of hydrogen-bond acceptors (Lipinski definition) is 4. The quantitative estimate of drug-likeness (QED) is 0.325. The van der Waals surface area contributed by atoms with Gasteiger partial charge in [0, 0.05) is 44.8 Å². The van der Waals surface area contributed by atoms with E-state index in [4.69, 9.17) is 4.74 Å². The zero-order chi connectivity index (χ0) is 20.0. The lowest BCUT2D eigenvalue weighted by molar-refractivity contribution is -0.116. The standard InChI is InChI=1S/C21H35N5O2/c1-3-5-10-23-21(22-4-2)24-17-18-7-6-8-19(16-18)25-20(27)9-11-26-12-14-28-15-13-26/h6-8,16H,3-5,9-15,17H2,1-2H3,(H,25,27)(H2,22,23,24). The predicted molar refractivity (Wildman–Crippen MR) is 115 cm³/mol. The van der Waals surface area contributed by atoms with Crippen LogP contribution in [0.4, 0.5) is 5.69 Å². The Bertz CT molecular complexity index is 615. The van der Waals surface area contributed by atoms with Gasteiger partial charge in [0.1, 0.15) is 0 Å². The van der Waals surface area contributed by atoms with Crippen LogP contribution in [-0.4, -0.2) is 62.7 Å². The van der Waals surface area contributed by atoms with E-state index in [0.29, 0.717) is 13.0 Å². The minimum atomic E-state index is 0.0433. The summed E-state index contributed by atoms with van der Waals surface area (Å²) in [5.74, 6) is 0.873. The summed E-state index contributed by atoms with van der Waals surface area (Å²) in [6, 6.07) is 7.90. The van der Waals surface area contributed by atoms with Gasteiger partial charge < -0.3 is 20.7 Å². The Morgan fingerprint density at radius 2 is 2.04 bits per heavy atom. The Labute approximate surface area is 168 Å². The third-order valence-corrected chi connectivity index (χ3v) is 4.56. The maximum Gasteiger partial charge on any atom is 0.225 e. The summed E-state index contributed by atoms with van der Waals surface area (Å²) in [6.45, 7) is 10.6. The van der Waals surface area contributed by atoms with Crippen molar-refractivity contribution in [1.82, 2.24) is 15.5 Å². The van der Waals surface area contributed by atoms with Crippen molar-refractivity contribution in [2.24, 2.45) is 4.99 Å². The molecule has 7 nitrogen and oxygen atoms in total. The van der Waals surface area contributed by atoms with Crippen LogP contribution in [0.3, 0.4) is 0 Å². The first-order chi connectivity index (χ1) is 13.7. The van der Waals surface area contributed by atoms with Crippen molar-refractivity contribution in [3.8, 4) is 0 Å². The number of rotatable bonds is 10. The van der Waals surface area contributed by atoms with Crippen molar-refractivity contribution in [2.75, 3.05) is 51.3 Å². The molecule has 7 heteroatoms. The van der Waals surface area contributed by atoms with Crippen molar-refractivity contribution in [1.29, 1.82) is 0 Å². The van der Waals surface area contributed by atoms with Crippen LogP contribution in [0.2, 0.25) is 0 Å². The first-order valence-electron chi connectivity index (χ1n) is 10.4. The second kappa shape index (κ2) is 13.1. The van der Waals surface area contributed by atoms with Crippen molar-refractivity contribution >= 4 is 17.6 Å². The van der Waals surface area contributed by atoms with Crippen molar-refractivity contribution in [3.63, 3.8) is 0 Å². The van der Waals surface area contributed by atoms with E-state index in [2.05, 4.69) is 39.7 Å². The molecule has 2 rings (SSSR count). The summed E-state index contributed by atoms with van der Waals surface area (Å²) in [7, 11) is 0. The van der Waals surface area contributed by atoms with Crippen LogP contribution in [0.5, 0.6) is 0 Å². The molecule has 0 aliphatic carbocycles. The van der Waals surface area contributed by atoms with E-state index < -0.39 is 0 Å². The molecule has 0 radical (unpaired) electrons. The number of aliphatic imine (C=N–C) groups is 1. The Balaban J connectivity index is 1.82.